The van der Waals surface area contributed by atoms with E-state index in [0.717, 1.165) is 17.5 Å². The van der Waals surface area contributed by atoms with E-state index in [4.69, 9.17) is 11.0 Å². The minimum Gasteiger partial charge on any atom is -0.399 e. The zero-order valence-corrected chi connectivity index (χ0v) is 9.82. The van der Waals surface area contributed by atoms with Gasteiger partial charge in [-0.25, -0.2) is 0 Å². The van der Waals surface area contributed by atoms with Gasteiger partial charge in [0.15, 0.2) is 0 Å². The van der Waals surface area contributed by atoms with Crippen LogP contribution in [0, 0.1) is 23.2 Å². The third-order valence-corrected chi connectivity index (χ3v) is 4.24. The zero-order chi connectivity index (χ0) is 11.8. The monoisotopic (exact) mass is 227 g/mol. The summed E-state index contributed by atoms with van der Waals surface area (Å²) in [6.07, 6.45) is 5.38. The van der Waals surface area contributed by atoms with Crippen LogP contribution in [-0.4, -0.2) is 6.04 Å². The number of hydrogen-bond donors (Lipinski definition) is 2. The Hall–Kier alpha value is -1.69. The topological polar surface area (TPSA) is 61.8 Å². The van der Waals surface area contributed by atoms with Gasteiger partial charge in [0.05, 0.1) is 11.3 Å². The van der Waals surface area contributed by atoms with Crippen molar-refractivity contribution in [2.24, 2.45) is 11.8 Å². The van der Waals surface area contributed by atoms with E-state index in [2.05, 4.69) is 11.4 Å². The Kier molecular flexibility index (Phi) is 2.44. The van der Waals surface area contributed by atoms with Crippen molar-refractivity contribution in [3.05, 3.63) is 23.8 Å². The number of nitrogens with zero attached hydrogens (tertiary/aromatic N) is 1. The van der Waals surface area contributed by atoms with Crippen molar-refractivity contribution in [1.82, 2.24) is 0 Å². The number of fused-ring (bicyclic) bond motifs is 2. The van der Waals surface area contributed by atoms with Gasteiger partial charge in [-0.2, -0.15) is 5.26 Å². The van der Waals surface area contributed by atoms with E-state index in [0.29, 0.717) is 17.3 Å². The smallest absolute Gasteiger partial charge is 0.101 e. The molecule has 88 valence electrons. The fraction of sp³-hybridized carbons (Fsp3) is 0.500. The van der Waals surface area contributed by atoms with Crippen LogP contribution in [0.2, 0.25) is 0 Å². The molecular formula is C14H17N3. The molecule has 0 amide bonds. The SMILES string of the molecule is N#Cc1cc(N)ccc1NC1CC2CCC1C2. The molecule has 2 aliphatic carbocycles. The average Bonchev–Trinajstić information content (AvgIpc) is 2.93. The van der Waals surface area contributed by atoms with Crippen molar-refractivity contribution in [3.8, 4) is 6.07 Å². The molecule has 0 saturated heterocycles. The van der Waals surface area contributed by atoms with Gasteiger partial charge in [0.1, 0.15) is 6.07 Å². The Morgan fingerprint density at radius 1 is 1.29 bits per heavy atom. The van der Waals surface area contributed by atoms with Gasteiger partial charge in [0.25, 0.3) is 0 Å². The molecule has 0 aliphatic heterocycles. The molecule has 3 heteroatoms. The van der Waals surface area contributed by atoms with Crippen LogP contribution in [-0.2, 0) is 0 Å². The summed E-state index contributed by atoms with van der Waals surface area (Å²) in [5.74, 6) is 1.72. The van der Waals surface area contributed by atoms with Gasteiger partial charge < -0.3 is 11.1 Å². The Morgan fingerprint density at radius 3 is 2.82 bits per heavy atom. The second-order valence-corrected chi connectivity index (χ2v) is 5.34. The number of benzene rings is 1. The van der Waals surface area contributed by atoms with E-state index in [1.807, 2.05) is 12.1 Å². The first-order chi connectivity index (χ1) is 8.26. The summed E-state index contributed by atoms with van der Waals surface area (Å²) < 4.78 is 0. The number of nitrogens with two attached hydrogens (primary N) is 1. The van der Waals surface area contributed by atoms with Crippen molar-refractivity contribution in [3.63, 3.8) is 0 Å². The standard InChI is InChI=1S/C14H17N3/c15-8-11-7-12(16)3-4-13(11)17-14-6-9-1-2-10(14)5-9/h3-4,7,9-10,14,17H,1-2,5-6,16H2. The van der Waals surface area contributed by atoms with Crippen LogP contribution in [0.5, 0.6) is 0 Å². The van der Waals surface area contributed by atoms with E-state index in [1.165, 1.54) is 25.7 Å². The van der Waals surface area contributed by atoms with Crippen LogP contribution in [0.25, 0.3) is 0 Å². The second kappa shape index (κ2) is 3.96. The van der Waals surface area contributed by atoms with Crippen LogP contribution in [0.15, 0.2) is 18.2 Å². The first kappa shape index (κ1) is 10.5. The van der Waals surface area contributed by atoms with Gasteiger partial charge in [-0.1, -0.05) is 6.42 Å². The largest absolute Gasteiger partial charge is 0.399 e. The molecule has 3 atom stereocenters. The maximum absolute atomic E-state index is 9.10. The van der Waals surface area contributed by atoms with Crippen LogP contribution in [0.4, 0.5) is 11.4 Å². The third kappa shape index (κ3) is 1.84. The Bertz CT molecular complexity index is 475. The minimum atomic E-state index is 0.560. The highest BCUT2D eigenvalue weighted by Gasteiger charge is 2.39. The molecule has 2 saturated carbocycles. The highest BCUT2D eigenvalue weighted by atomic mass is 14.9. The second-order valence-electron chi connectivity index (χ2n) is 5.34. The summed E-state index contributed by atoms with van der Waals surface area (Å²) in [4.78, 5) is 0. The van der Waals surface area contributed by atoms with E-state index in [9.17, 15) is 0 Å². The lowest BCUT2D eigenvalue weighted by molar-refractivity contribution is 0.440. The van der Waals surface area contributed by atoms with Gasteiger partial charge >= 0.3 is 0 Å². The molecule has 1 aromatic carbocycles. The van der Waals surface area contributed by atoms with Crippen LogP contribution in [0.1, 0.15) is 31.2 Å². The number of nitrogen functional groups attached to an aromatic ring is 1. The summed E-state index contributed by atoms with van der Waals surface area (Å²) >= 11 is 0. The fourth-order valence-electron chi connectivity index (χ4n) is 3.40. The molecule has 17 heavy (non-hydrogen) atoms. The molecule has 0 spiro atoms. The van der Waals surface area contributed by atoms with Gasteiger partial charge in [0, 0.05) is 11.7 Å². The lowest BCUT2D eigenvalue weighted by Crippen LogP contribution is -2.26. The van der Waals surface area contributed by atoms with Crippen molar-refractivity contribution < 1.29 is 0 Å². The first-order valence-electron chi connectivity index (χ1n) is 6.32. The van der Waals surface area contributed by atoms with Crippen LogP contribution < -0.4 is 11.1 Å². The molecule has 3 N–H and O–H groups in total. The van der Waals surface area contributed by atoms with E-state index >= 15 is 0 Å². The molecule has 3 unspecified atom stereocenters. The van der Waals surface area contributed by atoms with Crippen molar-refractivity contribution in [2.75, 3.05) is 11.1 Å². The van der Waals surface area contributed by atoms with E-state index in [-0.39, 0.29) is 0 Å². The lowest BCUT2D eigenvalue weighted by atomic mass is 9.95. The number of hydrogen-bond acceptors (Lipinski definition) is 3. The molecule has 0 radical (unpaired) electrons. The maximum atomic E-state index is 9.10. The summed E-state index contributed by atoms with van der Waals surface area (Å²) in [6, 6.07) is 8.31. The highest BCUT2D eigenvalue weighted by molar-refractivity contribution is 5.63. The molecule has 1 aromatic rings. The maximum Gasteiger partial charge on any atom is 0.101 e. The van der Waals surface area contributed by atoms with E-state index in [1.54, 1.807) is 6.07 Å². The number of rotatable bonds is 2. The molecule has 3 nitrogen and oxygen atoms in total. The third-order valence-electron chi connectivity index (χ3n) is 4.24. The molecule has 2 aliphatic rings. The number of nitriles is 1. The normalized spacial score (nSPS) is 30.2. The van der Waals surface area contributed by atoms with Crippen molar-refractivity contribution in [2.45, 2.75) is 31.7 Å². The predicted octanol–water partition coefficient (Wildman–Crippen LogP) is 2.74. The lowest BCUT2D eigenvalue weighted by Gasteiger charge is -2.24. The van der Waals surface area contributed by atoms with Crippen molar-refractivity contribution >= 4 is 11.4 Å². The van der Waals surface area contributed by atoms with Gasteiger partial charge in [-0.15, -0.1) is 0 Å². The Morgan fingerprint density at radius 2 is 2.18 bits per heavy atom. The number of nitrogens with one attached hydrogen (secondary N) is 1. The summed E-state index contributed by atoms with van der Waals surface area (Å²) in [6.45, 7) is 0. The molecule has 0 aromatic heterocycles. The zero-order valence-electron chi connectivity index (χ0n) is 9.82. The average molecular weight is 227 g/mol. The summed E-state index contributed by atoms with van der Waals surface area (Å²) in [5.41, 5.74) is 7.95. The molecular weight excluding hydrogens is 210 g/mol. The summed E-state index contributed by atoms with van der Waals surface area (Å²) in [5, 5.41) is 12.6. The fourth-order valence-corrected chi connectivity index (χ4v) is 3.40. The van der Waals surface area contributed by atoms with Gasteiger partial charge in [-0.3, -0.25) is 0 Å². The predicted molar refractivity (Wildman–Crippen MR) is 68.4 cm³/mol. The van der Waals surface area contributed by atoms with Crippen LogP contribution in [0.3, 0.4) is 0 Å². The molecule has 0 heterocycles. The minimum absolute atomic E-state index is 0.560. The first-order valence-corrected chi connectivity index (χ1v) is 6.32. The molecule has 2 bridgehead atoms. The van der Waals surface area contributed by atoms with Gasteiger partial charge in [-0.05, 0) is 49.3 Å². The molecule has 2 fully saturated rings. The number of anilines is 2. The van der Waals surface area contributed by atoms with Crippen molar-refractivity contribution in [1.29, 1.82) is 5.26 Å². The highest BCUT2D eigenvalue weighted by Crippen LogP contribution is 2.45. The van der Waals surface area contributed by atoms with Gasteiger partial charge in [0.2, 0.25) is 0 Å². The summed E-state index contributed by atoms with van der Waals surface area (Å²) in [7, 11) is 0. The van der Waals surface area contributed by atoms with Crippen LogP contribution >= 0.6 is 0 Å². The molecule has 3 rings (SSSR count). The van der Waals surface area contributed by atoms with E-state index < -0.39 is 0 Å². The quantitative estimate of drug-likeness (QED) is 0.764. The Balaban J connectivity index is 1.79. The Labute approximate surface area is 102 Å².